The zero-order chi connectivity index (χ0) is 16.0. The van der Waals surface area contributed by atoms with Crippen LogP contribution in [-0.2, 0) is 11.3 Å². The first-order valence-electron chi connectivity index (χ1n) is 6.74. The molecule has 3 unspecified atom stereocenters. The van der Waals surface area contributed by atoms with E-state index in [9.17, 15) is 18.0 Å². The molecule has 2 N–H and O–H groups in total. The van der Waals surface area contributed by atoms with Gasteiger partial charge in [0, 0.05) is 13.0 Å². The van der Waals surface area contributed by atoms with Gasteiger partial charge in [0.1, 0.15) is 11.5 Å². The van der Waals surface area contributed by atoms with Crippen molar-refractivity contribution in [2.45, 2.75) is 44.4 Å². The summed E-state index contributed by atoms with van der Waals surface area (Å²) >= 11 is 0. The van der Waals surface area contributed by atoms with Gasteiger partial charge < -0.3 is 15.1 Å². The molecular weight excluding hydrogens is 285 g/mol. The molecule has 7 heteroatoms. The molecule has 1 aliphatic rings. The number of amides is 1. The summed E-state index contributed by atoms with van der Waals surface area (Å²) in [7, 11) is 1.28. The number of nitrogens with zero attached hydrogens (tertiary/aromatic N) is 1. The second-order valence-corrected chi connectivity index (χ2v) is 5.98. The van der Waals surface area contributed by atoms with Crippen LogP contribution in [0.5, 0.6) is 0 Å². The molecule has 1 aromatic heterocycles. The number of hydrogen-bond acceptors (Lipinski definition) is 3. The van der Waals surface area contributed by atoms with Crippen LogP contribution in [0.4, 0.5) is 13.2 Å². The Labute approximate surface area is 121 Å². The molecule has 118 valence electrons. The van der Waals surface area contributed by atoms with Crippen LogP contribution in [0.1, 0.15) is 37.7 Å². The maximum atomic E-state index is 12.7. The van der Waals surface area contributed by atoms with Crippen LogP contribution in [0, 0.1) is 5.92 Å². The highest BCUT2D eigenvalue weighted by Gasteiger charge is 2.55. The van der Waals surface area contributed by atoms with Crippen molar-refractivity contribution in [3.05, 3.63) is 23.7 Å². The van der Waals surface area contributed by atoms with Gasteiger partial charge in [-0.3, -0.25) is 4.79 Å². The molecular formula is C14H19F3N2O2. The summed E-state index contributed by atoms with van der Waals surface area (Å²) in [5.41, 5.74) is 2.23. The fourth-order valence-electron chi connectivity index (χ4n) is 2.22. The van der Waals surface area contributed by atoms with Crippen molar-refractivity contribution >= 4 is 5.91 Å². The van der Waals surface area contributed by atoms with Crippen LogP contribution in [-0.4, -0.2) is 29.6 Å². The van der Waals surface area contributed by atoms with E-state index in [0.29, 0.717) is 24.5 Å². The van der Waals surface area contributed by atoms with Gasteiger partial charge in [-0.05, 0) is 31.4 Å². The Balaban J connectivity index is 2.02. The number of likely N-dealkylation sites (N-methyl/N-ethyl adjacent to an activating group) is 1. The zero-order valence-electron chi connectivity index (χ0n) is 12.2. The monoisotopic (exact) mass is 304 g/mol. The van der Waals surface area contributed by atoms with Crippen molar-refractivity contribution < 1.29 is 22.4 Å². The smallest absolute Gasteiger partial charge is 0.415 e. The van der Waals surface area contributed by atoms with E-state index in [1.54, 1.807) is 6.07 Å². The maximum Gasteiger partial charge on any atom is 0.415 e. The van der Waals surface area contributed by atoms with Crippen molar-refractivity contribution in [2.24, 2.45) is 11.7 Å². The third-order valence-corrected chi connectivity index (χ3v) is 3.93. The van der Waals surface area contributed by atoms with Gasteiger partial charge in [0.2, 0.25) is 0 Å². The highest BCUT2D eigenvalue weighted by molar-refractivity contribution is 5.86. The topological polar surface area (TPSA) is 59.5 Å². The lowest BCUT2D eigenvalue weighted by Crippen LogP contribution is -2.61. The number of rotatable bonds is 4. The van der Waals surface area contributed by atoms with Crippen LogP contribution in [0.25, 0.3) is 0 Å². The van der Waals surface area contributed by atoms with Gasteiger partial charge in [-0.25, -0.2) is 0 Å². The summed E-state index contributed by atoms with van der Waals surface area (Å²) in [5.74, 6) is 1.05. The predicted molar refractivity (Wildman–Crippen MR) is 70.4 cm³/mol. The molecule has 0 aromatic carbocycles. The second-order valence-electron chi connectivity index (χ2n) is 5.98. The van der Waals surface area contributed by atoms with E-state index >= 15 is 0 Å². The number of carbonyl (C=O) groups is 1. The van der Waals surface area contributed by atoms with Gasteiger partial charge in [-0.15, -0.1) is 0 Å². The SMILES string of the molecule is CC1CC1c1ccc(CN(C)C(=O)C(C)(N)C(F)(F)F)o1. The van der Waals surface area contributed by atoms with Crippen molar-refractivity contribution in [3.8, 4) is 0 Å². The largest absolute Gasteiger partial charge is 0.464 e. The predicted octanol–water partition coefficient (Wildman–Crippen LogP) is 2.64. The van der Waals surface area contributed by atoms with E-state index in [4.69, 9.17) is 10.2 Å². The summed E-state index contributed by atoms with van der Waals surface area (Å²) in [5, 5.41) is 0. The zero-order valence-corrected chi connectivity index (χ0v) is 12.2. The third kappa shape index (κ3) is 3.07. The van der Waals surface area contributed by atoms with E-state index in [2.05, 4.69) is 6.92 Å². The molecule has 0 radical (unpaired) electrons. The molecule has 21 heavy (non-hydrogen) atoms. The quantitative estimate of drug-likeness (QED) is 0.930. The van der Waals surface area contributed by atoms with Gasteiger partial charge in [-0.2, -0.15) is 13.2 Å². The molecule has 1 aromatic rings. The Hall–Kier alpha value is -1.50. The summed E-state index contributed by atoms with van der Waals surface area (Å²) in [4.78, 5) is 12.8. The van der Waals surface area contributed by atoms with Crippen molar-refractivity contribution in [3.63, 3.8) is 0 Å². The molecule has 1 saturated carbocycles. The number of carbonyl (C=O) groups excluding carboxylic acids is 1. The first-order chi connectivity index (χ1) is 9.54. The lowest BCUT2D eigenvalue weighted by atomic mass is 10.0. The molecule has 4 nitrogen and oxygen atoms in total. The van der Waals surface area contributed by atoms with Gasteiger partial charge >= 0.3 is 6.18 Å². The minimum Gasteiger partial charge on any atom is -0.464 e. The molecule has 3 atom stereocenters. The van der Waals surface area contributed by atoms with Gasteiger partial charge in [0.15, 0.2) is 5.54 Å². The Bertz CT molecular complexity index is 537. The molecule has 0 aliphatic heterocycles. The van der Waals surface area contributed by atoms with E-state index in [-0.39, 0.29) is 6.54 Å². The first-order valence-corrected chi connectivity index (χ1v) is 6.74. The molecule has 1 amide bonds. The summed E-state index contributed by atoms with van der Waals surface area (Å²) in [6.45, 7) is 2.74. The molecule has 2 rings (SSSR count). The number of halogens is 3. The number of hydrogen-bond donors (Lipinski definition) is 1. The summed E-state index contributed by atoms with van der Waals surface area (Å²) < 4.78 is 43.8. The minimum absolute atomic E-state index is 0.0389. The molecule has 0 bridgehead atoms. The van der Waals surface area contributed by atoms with Crippen LogP contribution >= 0.6 is 0 Å². The summed E-state index contributed by atoms with van der Waals surface area (Å²) in [6.07, 6.45) is -3.74. The minimum atomic E-state index is -4.80. The molecule has 0 spiro atoms. The Morgan fingerprint density at radius 3 is 2.52 bits per heavy atom. The molecule has 1 heterocycles. The van der Waals surface area contributed by atoms with Crippen molar-refractivity contribution in [1.29, 1.82) is 0 Å². The van der Waals surface area contributed by atoms with Crippen LogP contribution < -0.4 is 5.73 Å². The van der Waals surface area contributed by atoms with Crippen molar-refractivity contribution in [2.75, 3.05) is 7.05 Å². The van der Waals surface area contributed by atoms with Crippen molar-refractivity contribution in [1.82, 2.24) is 4.90 Å². The lowest BCUT2D eigenvalue weighted by Gasteiger charge is -2.30. The molecule has 1 aliphatic carbocycles. The molecule has 0 saturated heterocycles. The Morgan fingerprint density at radius 1 is 1.48 bits per heavy atom. The Morgan fingerprint density at radius 2 is 2.05 bits per heavy atom. The second kappa shape index (κ2) is 5.05. The molecule has 1 fully saturated rings. The first kappa shape index (κ1) is 15.9. The van der Waals surface area contributed by atoms with E-state index in [1.807, 2.05) is 6.07 Å². The normalized spacial score (nSPS) is 24.5. The lowest BCUT2D eigenvalue weighted by molar-refractivity contribution is -0.193. The Kier molecular flexibility index (Phi) is 3.82. The van der Waals surface area contributed by atoms with Crippen LogP contribution in [0.2, 0.25) is 0 Å². The highest BCUT2D eigenvalue weighted by atomic mass is 19.4. The van der Waals surface area contributed by atoms with Gasteiger partial charge in [0.05, 0.1) is 6.54 Å². The summed E-state index contributed by atoms with van der Waals surface area (Å²) in [6, 6.07) is 3.50. The third-order valence-electron chi connectivity index (χ3n) is 3.93. The fourth-order valence-corrected chi connectivity index (χ4v) is 2.22. The standard InChI is InChI=1S/C14H19F3N2O2/c1-8-6-10(8)11-5-4-9(21-11)7-19(3)12(20)13(2,18)14(15,16)17/h4-5,8,10H,6-7,18H2,1-3H3. The van der Waals surface area contributed by atoms with E-state index in [1.165, 1.54) is 7.05 Å². The van der Waals surface area contributed by atoms with Gasteiger partial charge in [-0.1, -0.05) is 6.92 Å². The van der Waals surface area contributed by atoms with Crippen LogP contribution in [0.15, 0.2) is 16.5 Å². The number of nitrogens with two attached hydrogens (primary N) is 1. The van der Waals surface area contributed by atoms with E-state index < -0.39 is 17.6 Å². The average molecular weight is 304 g/mol. The van der Waals surface area contributed by atoms with Crippen LogP contribution in [0.3, 0.4) is 0 Å². The van der Waals surface area contributed by atoms with E-state index in [0.717, 1.165) is 17.1 Å². The maximum absolute atomic E-state index is 12.7. The van der Waals surface area contributed by atoms with Gasteiger partial charge in [0.25, 0.3) is 5.91 Å². The number of alkyl halides is 3. The average Bonchev–Trinajstić information content (AvgIpc) is 2.91. The highest BCUT2D eigenvalue weighted by Crippen LogP contribution is 2.47. The number of furan rings is 1. The fraction of sp³-hybridized carbons (Fsp3) is 0.643.